The molecule has 7 heteroatoms. The van der Waals surface area contributed by atoms with Crippen LogP contribution < -0.4 is 5.32 Å². The highest BCUT2D eigenvalue weighted by Crippen LogP contribution is 2.24. The Hall–Kier alpha value is -2.70. The van der Waals surface area contributed by atoms with Gasteiger partial charge in [0.2, 0.25) is 5.91 Å². The number of nitro groups is 1. The van der Waals surface area contributed by atoms with E-state index in [4.69, 9.17) is 0 Å². The van der Waals surface area contributed by atoms with Gasteiger partial charge in [-0.25, -0.2) is 0 Å². The van der Waals surface area contributed by atoms with E-state index in [1.807, 2.05) is 6.92 Å². The number of anilines is 1. The molecule has 0 aliphatic carbocycles. The predicted molar refractivity (Wildman–Crippen MR) is 73.4 cm³/mol. The summed E-state index contributed by atoms with van der Waals surface area (Å²) < 4.78 is 1.51. The van der Waals surface area contributed by atoms with E-state index < -0.39 is 11.0 Å². The fourth-order valence-corrected chi connectivity index (χ4v) is 1.74. The average molecular weight is 274 g/mol. The Kier molecular flexibility index (Phi) is 3.79. The van der Waals surface area contributed by atoms with Crippen molar-refractivity contribution in [2.75, 3.05) is 5.32 Å². The van der Waals surface area contributed by atoms with Gasteiger partial charge in [0.05, 0.1) is 11.1 Å². The molecule has 0 aliphatic heterocycles. The first kappa shape index (κ1) is 13.7. The molecule has 0 fully saturated rings. The lowest BCUT2D eigenvalue weighted by Gasteiger charge is -2.12. The molecule has 1 aromatic heterocycles. The Labute approximate surface area is 115 Å². The summed E-state index contributed by atoms with van der Waals surface area (Å²) in [6.45, 7) is 3.55. The van der Waals surface area contributed by atoms with Crippen LogP contribution in [0, 0.1) is 17.0 Å². The summed E-state index contributed by atoms with van der Waals surface area (Å²) in [5.74, 6) is -0.359. The van der Waals surface area contributed by atoms with Crippen LogP contribution in [0.5, 0.6) is 0 Å². The number of carbonyl (C=O) groups is 1. The van der Waals surface area contributed by atoms with Gasteiger partial charge >= 0.3 is 0 Å². The summed E-state index contributed by atoms with van der Waals surface area (Å²) in [4.78, 5) is 22.5. The van der Waals surface area contributed by atoms with E-state index in [0.29, 0.717) is 0 Å². The van der Waals surface area contributed by atoms with Crippen LogP contribution in [-0.2, 0) is 4.79 Å². The molecule has 1 unspecified atom stereocenters. The predicted octanol–water partition coefficient (Wildman–Crippen LogP) is 2.30. The van der Waals surface area contributed by atoms with Gasteiger partial charge < -0.3 is 5.32 Å². The van der Waals surface area contributed by atoms with Crippen LogP contribution in [0.4, 0.5) is 11.4 Å². The second-order valence-electron chi connectivity index (χ2n) is 4.44. The molecule has 0 radical (unpaired) electrons. The van der Waals surface area contributed by atoms with Crippen LogP contribution in [-0.4, -0.2) is 20.6 Å². The topological polar surface area (TPSA) is 90.1 Å². The minimum atomic E-state index is -0.552. The molecule has 0 aliphatic rings. The lowest BCUT2D eigenvalue weighted by molar-refractivity contribution is -0.383. The van der Waals surface area contributed by atoms with Crippen LogP contribution in [0.15, 0.2) is 36.7 Å². The smallest absolute Gasteiger partial charge is 0.292 e. The van der Waals surface area contributed by atoms with Crippen molar-refractivity contribution >= 4 is 17.3 Å². The molecule has 104 valence electrons. The number of hydrogen-bond donors (Lipinski definition) is 1. The van der Waals surface area contributed by atoms with Crippen molar-refractivity contribution < 1.29 is 9.72 Å². The summed E-state index contributed by atoms with van der Waals surface area (Å²) in [7, 11) is 0. The minimum Gasteiger partial charge on any atom is -0.319 e. The lowest BCUT2D eigenvalue weighted by Crippen LogP contribution is -2.24. The number of para-hydroxylation sites is 2. The molecule has 0 saturated carbocycles. The van der Waals surface area contributed by atoms with E-state index in [0.717, 1.165) is 5.56 Å². The third-order valence-corrected chi connectivity index (χ3v) is 2.87. The molecule has 0 bridgehead atoms. The normalized spacial score (nSPS) is 11.9. The maximum atomic E-state index is 12.1. The van der Waals surface area contributed by atoms with Crippen LogP contribution in [0.3, 0.4) is 0 Å². The number of aromatic nitrogens is 2. The highest BCUT2D eigenvalue weighted by Gasteiger charge is 2.20. The number of aryl methyl sites for hydroxylation is 1. The van der Waals surface area contributed by atoms with Crippen molar-refractivity contribution in [3.8, 4) is 0 Å². The Morgan fingerprint density at radius 3 is 2.75 bits per heavy atom. The van der Waals surface area contributed by atoms with Gasteiger partial charge in [0.15, 0.2) is 0 Å². The van der Waals surface area contributed by atoms with Gasteiger partial charge in [-0.15, -0.1) is 0 Å². The second kappa shape index (κ2) is 5.52. The van der Waals surface area contributed by atoms with Crippen molar-refractivity contribution in [2.45, 2.75) is 19.9 Å². The van der Waals surface area contributed by atoms with E-state index in [1.54, 1.807) is 31.5 Å². The van der Waals surface area contributed by atoms with Crippen molar-refractivity contribution in [3.63, 3.8) is 0 Å². The molecule has 0 saturated heterocycles. The molecule has 1 heterocycles. The van der Waals surface area contributed by atoms with E-state index >= 15 is 0 Å². The Morgan fingerprint density at radius 1 is 1.45 bits per heavy atom. The number of nitrogens with one attached hydrogen (secondary N) is 1. The fourth-order valence-electron chi connectivity index (χ4n) is 1.74. The Morgan fingerprint density at radius 2 is 2.15 bits per heavy atom. The number of amides is 1. The number of nitro benzene ring substituents is 1. The SMILES string of the molecule is Cc1cnn(C(C)C(=O)Nc2ccccc2[N+](=O)[O-])c1. The van der Waals surface area contributed by atoms with E-state index in [2.05, 4.69) is 10.4 Å². The molecule has 2 rings (SSSR count). The molecule has 20 heavy (non-hydrogen) atoms. The lowest BCUT2D eigenvalue weighted by atomic mass is 10.2. The third-order valence-electron chi connectivity index (χ3n) is 2.87. The highest BCUT2D eigenvalue weighted by atomic mass is 16.6. The first-order chi connectivity index (χ1) is 9.49. The van der Waals surface area contributed by atoms with Gasteiger partial charge in [0.25, 0.3) is 5.69 Å². The van der Waals surface area contributed by atoms with Crippen molar-refractivity contribution in [2.24, 2.45) is 0 Å². The number of hydrogen-bond acceptors (Lipinski definition) is 4. The number of nitrogens with zero attached hydrogens (tertiary/aromatic N) is 3. The van der Waals surface area contributed by atoms with Gasteiger partial charge in [0.1, 0.15) is 11.7 Å². The average Bonchev–Trinajstić information content (AvgIpc) is 2.84. The quantitative estimate of drug-likeness (QED) is 0.684. The molecular formula is C13H14N4O3. The van der Waals surface area contributed by atoms with E-state index in [1.165, 1.54) is 16.8 Å². The highest BCUT2D eigenvalue weighted by molar-refractivity contribution is 5.95. The number of rotatable bonds is 4. The van der Waals surface area contributed by atoms with Crippen molar-refractivity contribution in [3.05, 3.63) is 52.3 Å². The molecule has 2 aromatic rings. The van der Waals surface area contributed by atoms with Crippen LogP contribution in [0.1, 0.15) is 18.5 Å². The van der Waals surface area contributed by atoms with Crippen LogP contribution in [0.2, 0.25) is 0 Å². The molecular weight excluding hydrogens is 260 g/mol. The molecule has 0 spiro atoms. The second-order valence-corrected chi connectivity index (χ2v) is 4.44. The molecule has 7 nitrogen and oxygen atoms in total. The summed E-state index contributed by atoms with van der Waals surface area (Å²) >= 11 is 0. The first-order valence-corrected chi connectivity index (χ1v) is 6.04. The third kappa shape index (κ3) is 2.82. The fraction of sp³-hybridized carbons (Fsp3) is 0.231. The summed E-state index contributed by atoms with van der Waals surface area (Å²) in [5, 5.41) is 17.5. The molecule has 1 N–H and O–H groups in total. The summed E-state index contributed by atoms with van der Waals surface area (Å²) in [6.07, 6.45) is 3.39. The maximum Gasteiger partial charge on any atom is 0.292 e. The summed E-state index contributed by atoms with van der Waals surface area (Å²) in [6, 6.07) is 5.47. The zero-order valence-electron chi connectivity index (χ0n) is 11.1. The monoisotopic (exact) mass is 274 g/mol. The molecule has 1 atom stereocenters. The maximum absolute atomic E-state index is 12.1. The summed E-state index contributed by atoms with van der Waals surface area (Å²) in [5.41, 5.74) is 0.985. The number of benzene rings is 1. The van der Waals surface area contributed by atoms with Crippen LogP contribution >= 0.6 is 0 Å². The van der Waals surface area contributed by atoms with E-state index in [9.17, 15) is 14.9 Å². The van der Waals surface area contributed by atoms with Gasteiger partial charge in [-0.05, 0) is 25.5 Å². The van der Waals surface area contributed by atoms with Gasteiger partial charge in [-0.3, -0.25) is 19.6 Å². The van der Waals surface area contributed by atoms with Gasteiger partial charge in [0, 0.05) is 12.3 Å². The van der Waals surface area contributed by atoms with E-state index in [-0.39, 0.29) is 17.3 Å². The van der Waals surface area contributed by atoms with Crippen molar-refractivity contribution in [1.29, 1.82) is 0 Å². The van der Waals surface area contributed by atoms with Gasteiger partial charge in [-0.1, -0.05) is 12.1 Å². The standard InChI is InChI=1S/C13H14N4O3/c1-9-7-14-16(8-9)10(2)13(18)15-11-5-3-4-6-12(11)17(19)20/h3-8,10H,1-2H3,(H,15,18). The molecule has 1 aromatic carbocycles. The molecule has 1 amide bonds. The zero-order chi connectivity index (χ0) is 14.7. The number of carbonyl (C=O) groups excluding carboxylic acids is 1. The first-order valence-electron chi connectivity index (χ1n) is 6.04. The van der Waals surface area contributed by atoms with Crippen molar-refractivity contribution in [1.82, 2.24) is 9.78 Å². The Bertz CT molecular complexity index is 651. The van der Waals surface area contributed by atoms with Crippen LogP contribution in [0.25, 0.3) is 0 Å². The van der Waals surface area contributed by atoms with Gasteiger partial charge in [-0.2, -0.15) is 5.10 Å². The zero-order valence-corrected chi connectivity index (χ0v) is 11.1. The Balaban J connectivity index is 2.18. The minimum absolute atomic E-state index is 0.135. The largest absolute Gasteiger partial charge is 0.319 e.